The van der Waals surface area contributed by atoms with Gasteiger partial charge in [0.25, 0.3) is 5.91 Å². The van der Waals surface area contributed by atoms with Crippen molar-refractivity contribution in [3.63, 3.8) is 0 Å². The van der Waals surface area contributed by atoms with Crippen molar-refractivity contribution in [2.24, 2.45) is 0 Å². The van der Waals surface area contributed by atoms with Gasteiger partial charge >= 0.3 is 0 Å². The summed E-state index contributed by atoms with van der Waals surface area (Å²) in [6.07, 6.45) is 1.47. The van der Waals surface area contributed by atoms with Crippen molar-refractivity contribution in [2.45, 2.75) is 6.92 Å². The fourth-order valence-electron chi connectivity index (χ4n) is 2.28. The molecule has 0 spiro atoms. The van der Waals surface area contributed by atoms with Gasteiger partial charge in [-0.2, -0.15) is 5.26 Å². The number of nitrogens with one attached hydrogen (secondary N) is 1. The first-order valence-corrected chi connectivity index (χ1v) is 8.00. The lowest BCUT2D eigenvalue weighted by Crippen LogP contribution is -2.14. The molecule has 1 amide bonds. The van der Waals surface area contributed by atoms with Crippen LogP contribution in [0.15, 0.2) is 48.0 Å². The molecule has 0 aliphatic rings. The largest absolute Gasteiger partial charge is 0.497 e. The van der Waals surface area contributed by atoms with Gasteiger partial charge in [0.15, 0.2) is 0 Å². The molecule has 0 bridgehead atoms. The van der Waals surface area contributed by atoms with Gasteiger partial charge < -0.3 is 19.5 Å². The maximum Gasteiger partial charge on any atom is 0.266 e. The van der Waals surface area contributed by atoms with Crippen LogP contribution in [0.3, 0.4) is 0 Å². The van der Waals surface area contributed by atoms with Crippen LogP contribution < -0.4 is 19.5 Å². The molecule has 2 aromatic carbocycles. The fraction of sp³-hybridized carbons (Fsp3) is 0.200. The Bertz CT molecular complexity index is 853. The summed E-state index contributed by atoms with van der Waals surface area (Å²) in [5.74, 6) is 1.13. The number of benzene rings is 2. The van der Waals surface area contributed by atoms with Crippen LogP contribution in [0, 0.1) is 11.3 Å². The number of methoxy groups -OCH3 is 2. The van der Waals surface area contributed by atoms with Gasteiger partial charge in [-0.25, -0.2) is 0 Å². The number of ether oxygens (including phenoxy) is 3. The quantitative estimate of drug-likeness (QED) is 0.608. The monoisotopic (exact) mass is 352 g/mol. The molecule has 1 N–H and O–H groups in total. The Hall–Kier alpha value is -3.46. The summed E-state index contributed by atoms with van der Waals surface area (Å²) in [5, 5.41) is 12.1. The number of anilines is 1. The van der Waals surface area contributed by atoms with Crippen molar-refractivity contribution in [3.8, 4) is 23.3 Å². The topological polar surface area (TPSA) is 80.6 Å². The van der Waals surface area contributed by atoms with Gasteiger partial charge in [-0.05, 0) is 37.3 Å². The first-order chi connectivity index (χ1) is 12.6. The maximum atomic E-state index is 12.5. The highest BCUT2D eigenvalue weighted by molar-refractivity contribution is 6.10. The molecule has 0 atom stereocenters. The summed E-state index contributed by atoms with van der Waals surface area (Å²) in [6, 6.07) is 14.1. The predicted molar refractivity (Wildman–Crippen MR) is 99.4 cm³/mol. The summed E-state index contributed by atoms with van der Waals surface area (Å²) < 4.78 is 15.9. The van der Waals surface area contributed by atoms with Crippen molar-refractivity contribution < 1.29 is 19.0 Å². The van der Waals surface area contributed by atoms with E-state index in [1.54, 1.807) is 43.5 Å². The van der Waals surface area contributed by atoms with E-state index in [0.29, 0.717) is 35.1 Å². The first-order valence-electron chi connectivity index (χ1n) is 8.00. The molecule has 2 aromatic rings. The van der Waals surface area contributed by atoms with Gasteiger partial charge in [0.05, 0.1) is 26.5 Å². The second kappa shape index (κ2) is 9.14. The minimum Gasteiger partial charge on any atom is -0.497 e. The highest BCUT2D eigenvalue weighted by atomic mass is 16.5. The third-order valence-electron chi connectivity index (χ3n) is 3.54. The van der Waals surface area contributed by atoms with E-state index in [4.69, 9.17) is 14.2 Å². The number of rotatable bonds is 7. The predicted octanol–water partition coefficient (Wildman–Crippen LogP) is 3.65. The molecule has 6 heteroatoms. The van der Waals surface area contributed by atoms with Crippen LogP contribution in [0.4, 0.5) is 5.69 Å². The van der Waals surface area contributed by atoms with Crippen LogP contribution in [0.5, 0.6) is 17.2 Å². The number of carbonyl (C=O) groups excluding carboxylic acids is 1. The average molecular weight is 352 g/mol. The highest BCUT2D eigenvalue weighted by Gasteiger charge is 2.14. The number of amides is 1. The third-order valence-corrected chi connectivity index (χ3v) is 3.54. The molecule has 0 saturated heterocycles. The Kier molecular flexibility index (Phi) is 6.63. The summed E-state index contributed by atoms with van der Waals surface area (Å²) in [4.78, 5) is 12.5. The molecule has 26 heavy (non-hydrogen) atoms. The molecule has 0 heterocycles. The molecular formula is C20H20N2O4. The Morgan fingerprint density at radius 3 is 2.58 bits per heavy atom. The minimum atomic E-state index is -0.530. The van der Waals surface area contributed by atoms with Crippen molar-refractivity contribution in [3.05, 3.63) is 53.6 Å². The normalized spacial score (nSPS) is 10.6. The van der Waals surface area contributed by atoms with Crippen molar-refractivity contribution >= 4 is 17.7 Å². The molecule has 0 aromatic heterocycles. The smallest absolute Gasteiger partial charge is 0.266 e. The van der Waals surface area contributed by atoms with E-state index in [9.17, 15) is 10.1 Å². The number of hydrogen-bond acceptors (Lipinski definition) is 5. The lowest BCUT2D eigenvalue weighted by molar-refractivity contribution is -0.112. The Labute approximate surface area is 152 Å². The van der Waals surface area contributed by atoms with Crippen LogP contribution in [-0.4, -0.2) is 26.7 Å². The first kappa shape index (κ1) is 18.9. The summed E-state index contributed by atoms with van der Waals surface area (Å²) in [7, 11) is 3.06. The van der Waals surface area contributed by atoms with E-state index in [-0.39, 0.29) is 5.57 Å². The third kappa shape index (κ3) is 4.54. The number of nitriles is 1. The molecule has 6 nitrogen and oxygen atoms in total. The van der Waals surface area contributed by atoms with Gasteiger partial charge in [-0.1, -0.05) is 12.1 Å². The summed E-state index contributed by atoms with van der Waals surface area (Å²) in [6.45, 7) is 2.33. The van der Waals surface area contributed by atoms with Gasteiger partial charge in [0.1, 0.15) is 28.9 Å². The molecular weight excluding hydrogens is 332 g/mol. The van der Waals surface area contributed by atoms with E-state index < -0.39 is 5.91 Å². The minimum absolute atomic E-state index is 0.0558. The van der Waals surface area contributed by atoms with Crippen LogP contribution in [0.25, 0.3) is 6.08 Å². The molecule has 0 radical (unpaired) electrons. The lowest BCUT2D eigenvalue weighted by atomic mass is 10.1. The van der Waals surface area contributed by atoms with Crippen LogP contribution in [0.1, 0.15) is 12.5 Å². The zero-order valence-corrected chi connectivity index (χ0v) is 14.9. The van der Waals surface area contributed by atoms with Crippen LogP contribution in [0.2, 0.25) is 0 Å². The van der Waals surface area contributed by atoms with Crippen LogP contribution >= 0.6 is 0 Å². The SMILES string of the molecule is CCOc1ccccc1NC(=O)/C(C#N)=C/c1ccc(OC)cc1OC. The second-order valence-electron chi connectivity index (χ2n) is 5.16. The lowest BCUT2D eigenvalue weighted by Gasteiger charge is -2.11. The molecule has 134 valence electrons. The molecule has 0 unspecified atom stereocenters. The van der Waals surface area contributed by atoms with E-state index in [0.717, 1.165) is 0 Å². The molecule has 0 aliphatic heterocycles. The zero-order valence-electron chi connectivity index (χ0n) is 14.9. The number of nitrogens with zero attached hydrogens (tertiary/aromatic N) is 1. The second-order valence-corrected chi connectivity index (χ2v) is 5.16. The van der Waals surface area contributed by atoms with E-state index in [1.165, 1.54) is 13.2 Å². The Morgan fingerprint density at radius 1 is 1.15 bits per heavy atom. The Morgan fingerprint density at radius 2 is 1.92 bits per heavy atom. The highest BCUT2D eigenvalue weighted by Crippen LogP contribution is 2.27. The van der Waals surface area contributed by atoms with Crippen LogP contribution in [-0.2, 0) is 4.79 Å². The van der Waals surface area contributed by atoms with Gasteiger partial charge in [-0.15, -0.1) is 0 Å². The fourth-order valence-corrected chi connectivity index (χ4v) is 2.28. The van der Waals surface area contributed by atoms with Crippen molar-refractivity contribution in [2.75, 3.05) is 26.1 Å². The number of para-hydroxylation sites is 2. The van der Waals surface area contributed by atoms with E-state index in [2.05, 4.69) is 5.32 Å². The molecule has 0 aliphatic carbocycles. The van der Waals surface area contributed by atoms with Gasteiger partial charge in [-0.3, -0.25) is 4.79 Å². The maximum absolute atomic E-state index is 12.5. The van der Waals surface area contributed by atoms with Gasteiger partial charge in [0.2, 0.25) is 0 Å². The number of hydrogen-bond donors (Lipinski definition) is 1. The van der Waals surface area contributed by atoms with E-state index >= 15 is 0 Å². The van der Waals surface area contributed by atoms with Gasteiger partial charge in [0, 0.05) is 11.6 Å². The summed E-state index contributed by atoms with van der Waals surface area (Å²) >= 11 is 0. The number of carbonyl (C=O) groups is 1. The van der Waals surface area contributed by atoms with E-state index in [1.807, 2.05) is 19.1 Å². The molecule has 0 saturated carbocycles. The average Bonchev–Trinajstić information content (AvgIpc) is 2.67. The Balaban J connectivity index is 2.30. The van der Waals surface area contributed by atoms with Crippen molar-refractivity contribution in [1.82, 2.24) is 0 Å². The van der Waals surface area contributed by atoms with Crippen molar-refractivity contribution in [1.29, 1.82) is 5.26 Å². The standard InChI is InChI=1S/C20H20N2O4/c1-4-26-18-8-6-5-7-17(18)22-20(23)15(13-21)11-14-9-10-16(24-2)12-19(14)25-3/h5-12H,4H2,1-3H3,(H,22,23)/b15-11+. The molecule has 2 rings (SSSR count). The summed E-state index contributed by atoms with van der Waals surface area (Å²) in [5.41, 5.74) is 1.04. The molecule has 0 fully saturated rings. The zero-order chi connectivity index (χ0) is 18.9.